The predicted molar refractivity (Wildman–Crippen MR) is 140 cm³/mol. The lowest BCUT2D eigenvalue weighted by Gasteiger charge is -2.29. The van der Waals surface area contributed by atoms with Crippen molar-refractivity contribution in [1.29, 1.82) is 0 Å². The molecule has 0 aliphatic carbocycles. The molecule has 10 heteroatoms. The third-order valence-electron chi connectivity index (χ3n) is 6.95. The number of amides is 1. The van der Waals surface area contributed by atoms with Gasteiger partial charge in [0.05, 0.1) is 34.9 Å². The third kappa shape index (κ3) is 5.13. The molecule has 1 unspecified atom stereocenters. The van der Waals surface area contributed by atoms with Crippen LogP contribution in [-0.2, 0) is 14.8 Å². The quantitative estimate of drug-likeness (QED) is 0.446. The van der Waals surface area contributed by atoms with E-state index >= 15 is 0 Å². The van der Waals surface area contributed by atoms with Crippen molar-refractivity contribution in [3.8, 4) is 5.75 Å². The number of sulfonamides is 1. The summed E-state index contributed by atoms with van der Waals surface area (Å²) in [7, 11) is -1.96. The van der Waals surface area contributed by atoms with Crippen LogP contribution in [0.2, 0.25) is 0 Å². The summed E-state index contributed by atoms with van der Waals surface area (Å²) in [6.45, 7) is 4.28. The van der Waals surface area contributed by atoms with Crippen LogP contribution in [0, 0.1) is 5.92 Å². The number of piperidine rings is 1. The van der Waals surface area contributed by atoms with Gasteiger partial charge in [0.1, 0.15) is 5.75 Å². The third-order valence-corrected chi connectivity index (χ3v) is 9.91. The normalized spacial score (nSPS) is 19.6. The van der Waals surface area contributed by atoms with Crippen LogP contribution < -0.4 is 9.64 Å². The minimum Gasteiger partial charge on any atom is -0.497 e. The monoisotopic (exact) mass is 529 g/mol. The molecule has 0 spiro atoms. The molecule has 0 saturated carbocycles. The van der Waals surface area contributed by atoms with E-state index in [2.05, 4.69) is 6.92 Å². The van der Waals surface area contributed by atoms with Crippen molar-refractivity contribution in [2.75, 3.05) is 38.3 Å². The number of aromatic nitrogens is 1. The average molecular weight is 530 g/mol. The number of ether oxygens (including phenoxy) is 2. The number of nitrogens with zero attached hydrogens (tertiary/aromatic N) is 3. The first-order valence-electron chi connectivity index (χ1n) is 12.3. The summed E-state index contributed by atoms with van der Waals surface area (Å²) in [5, 5.41) is 0.581. The molecule has 0 radical (unpaired) electrons. The molecule has 192 valence electrons. The number of hydrogen-bond donors (Lipinski definition) is 0. The maximum absolute atomic E-state index is 13.7. The molecule has 2 aliphatic heterocycles. The second-order valence-corrected chi connectivity index (χ2v) is 12.4. The molecular weight excluding hydrogens is 498 g/mol. The minimum atomic E-state index is -3.58. The Morgan fingerprint density at radius 2 is 1.92 bits per heavy atom. The molecule has 0 N–H and O–H groups in total. The van der Waals surface area contributed by atoms with Gasteiger partial charge in [0, 0.05) is 25.3 Å². The average Bonchev–Trinajstić information content (AvgIpc) is 3.56. The summed E-state index contributed by atoms with van der Waals surface area (Å²) >= 11 is 1.42. The standard InChI is InChI=1S/C26H31N3O5S2/c1-18-11-13-28(14-12-18)36(31,32)22-8-5-19(6-9-22)25(30)29(17-21-4-3-15-34-21)26-27-23-10-7-20(33-2)16-24(23)35-26/h5-10,16,18,21H,3-4,11-15,17H2,1-2H3. The lowest BCUT2D eigenvalue weighted by atomic mass is 10.0. The van der Waals surface area contributed by atoms with Gasteiger partial charge in [-0.2, -0.15) is 4.31 Å². The maximum Gasteiger partial charge on any atom is 0.260 e. The molecule has 3 heterocycles. The van der Waals surface area contributed by atoms with Gasteiger partial charge in [0.15, 0.2) is 5.13 Å². The van der Waals surface area contributed by atoms with Crippen LogP contribution >= 0.6 is 11.3 Å². The number of hydrogen-bond acceptors (Lipinski definition) is 7. The molecule has 3 aromatic rings. The van der Waals surface area contributed by atoms with Gasteiger partial charge in [-0.05, 0) is 74.1 Å². The zero-order chi connectivity index (χ0) is 25.3. The zero-order valence-electron chi connectivity index (χ0n) is 20.6. The van der Waals surface area contributed by atoms with Crippen LogP contribution in [0.1, 0.15) is 43.0 Å². The van der Waals surface area contributed by atoms with E-state index in [4.69, 9.17) is 14.5 Å². The van der Waals surface area contributed by atoms with E-state index in [-0.39, 0.29) is 16.9 Å². The van der Waals surface area contributed by atoms with E-state index in [1.807, 2.05) is 18.2 Å². The molecular formula is C26H31N3O5S2. The van der Waals surface area contributed by atoms with E-state index in [0.717, 1.165) is 41.6 Å². The minimum absolute atomic E-state index is 0.0587. The van der Waals surface area contributed by atoms with Crippen molar-refractivity contribution in [3.63, 3.8) is 0 Å². The zero-order valence-corrected chi connectivity index (χ0v) is 22.2. The van der Waals surface area contributed by atoms with Crippen molar-refractivity contribution >= 4 is 42.6 Å². The summed E-state index contributed by atoms with van der Waals surface area (Å²) in [6.07, 6.45) is 3.51. The summed E-state index contributed by atoms with van der Waals surface area (Å²) in [6, 6.07) is 11.9. The smallest absolute Gasteiger partial charge is 0.260 e. The lowest BCUT2D eigenvalue weighted by molar-refractivity contribution is 0.0917. The predicted octanol–water partition coefficient (Wildman–Crippen LogP) is 4.55. The molecule has 36 heavy (non-hydrogen) atoms. The number of rotatable bonds is 7. The lowest BCUT2D eigenvalue weighted by Crippen LogP contribution is -2.38. The highest BCUT2D eigenvalue weighted by Crippen LogP contribution is 2.33. The van der Waals surface area contributed by atoms with E-state index in [1.165, 1.54) is 23.5 Å². The summed E-state index contributed by atoms with van der Waals surface area (Å²) in [5.74, 6) is 1.04. The Kier molecular flexibility index (Phi) is 7.30. The highest BCUT2D eigenvalue weighted by atomic mass is 32.2. The van der Waals surface area contributed by atoms with Crippen LogP contribution in [0.4, 0.5) is 5.13 Å². The fraction of sp³-hybridized carbons (Fsp3) is 0.462. The van der Waals surface area contributed by atoms with Gasteiger partial charge in [-0.3, -0.25) is 9.69 Å². The van der Waals surface area contributed by atoms with E-state index in [1.54, 1.807) is 28.4 Å². The maximum atomic E-state index is 13.7. The van der Waals surface area contributed by atoms with Gasteiger partial charge < -0.3 is 9.47 Å². The van der Waals surface area contributed by atoms with Gasteiger partial charge in [-0.1, -0.05) is 18.3 Å². The molecule has 8 nitrogen and oxygen atoms in total. The molecule has 1 atom stereocenters. The molecule has 0 bridgehead atoms. The number of fused-ring (bicyclic) bond motifs is 1. The Morgan fingerprint density at radius 1 is 1.17 bits per heavy atom. The number of carbonyl (C=O) groups excluding carboxylic acids is 1. The van der Waals surface area contributed by atoms with Gasteiger partial charge in [-0.15, -0.1) is 0 Å². The number of thiazole rings is 1. The number of benzene rings is 2. The molecule has 1 aromatic heterocycles. The largest absolute Gasteiger partial charge is 0.497 e. The first-order valence-corrected chi connectivity index (χ1v) is 14.6. The van der Waals surface area contributed by atoms with Crippen LogP contribution in [-0.4, -0.2) is 63.1 Å². The van der Waals surface area contributed by atoms with Crippen LogP contribution in [0.3, 0.4) is 0 Å². The van der Waals surface area contributed by atoms with Gasteiger partial charge in [0.2, 0.25) is 10.0 Å². The van der Waals surface area contributed by atoms with Crippen molar-refractivity contribution in [2.45, 2.75) is 43.6 Å². The van der Waals surface area contributed by atoms with Gasteiger partial charge in [-0.25, -0.2) is 13.4 Å². The highest BCUT2D eigenvalue weighted by molar-refractivity contribution is 7.89. The fourth-order valence-corrected chi connectivity index (χ4v) is 7.15. The first-order chi connectivity index (χ1) is 17.3. The highest BCUT2D eigenvalue weighted by Gasteiger charge is 2.30. The Labute approximate surface area is 215 Å². The Hall–Kier alpha value is -2.53. The summed E-state index contributed by atoms with van der Waals surface area (Å²) in [5.41, 5.74) is 1.20. The van der Waals surface area contributed by atoms with Crippen LogP contribution in [0.25, 0.3) is 10.2 Å². The van der Waals surface area contributed by atoms with Crippen molar-refractivity contribution in [2.24, 2.45) is 5.92 Å². The SMILES string of the molecule is COc1ccc2nc(N(CC3CCCO3)C(=O)c3ccc(S(=O)(=O)N4CCC(C)CC4)cc3)sc2c1. The molecule has 2 aliphatic rings. The van der Waals surface area contributed by atoms with Crippen LogP contribution in [0.5, 0.6) is 5.75 Å². The Bertz CT molecular complexity index is 1330. The van der Waals surface area contributed by atoms with Crippen molar-refractivity contribution in [1.82, 2.24) is 9.29 Å². The number of carbonyl (C=O) groups is 1. The van der Waals surface area contributed by atoms with E-state index < -0.39 is 10.0 Å². The van der Waals surface area contributed by atoms with Crippen LogP contribution in [0.15, 0.2) is 47.4 Å². The summed E-state index contributed by atoms with van der Waals surface area (Å²) in [4.78, 5) is 20.3. The molecule has 5 rings (SSSR count). The molecule has 2 saturated heterocycles. The number of anilines is 1. The van der Waals surface area contributed by atoms with Crippen molar-refractivity contribution < 1.29 is 22.7 Å². The van der Waals surface area contributed by atoms with Gasteiger partial charge in [0.25, 0.3) is 5.91 Å². The molecule has 2 aromatic carbocycles. The van der Waals surface area contributed by atoms with Crippen molar-refractivity contribution in [3.05, 3.63) is 48.0 Å². The second-order valence-electron chi connectivity index (χ2n) is 9.49. The molecule has 2 fully saturated rings. The number of methoxy groups -OCH3 is 1. The Balaban J connectivity index is 1.41. The second kappa shape index (κ2) is 10.5. The topological polar surface area (TPSA) is 89.0 Å². The molecule has 1 amide bonds. The van der Waals surface area contributed by atoms with E-state index in [0.29, 0.717) is 42.9 Å². The van der Waals surface area contributed by atoms with E-state index in [9.17, 15) is 13.2 Å². The Morgan fingerprint density at radius 3 is 2.58 bits per heavy atom. The van der Waals surface area contributed by atoms with Gasteiger partial charge >= 0.3 is 0 Å². The summed E-state index contributed by atoms with van der Waals surface area (Å²) < 4.78 is 39.8. The first kappa shape index (κ1) is 25.1. The fourth-order valence-electron chi connectivity index (χ4n) is 4.67.